The third-order valence-electron chi connectivity index (χ3n) is 4.63. The van der Waals surface area contributed by atoms with Crippen molar-refractivity contribution in [3.63, 3.8) is 0 Å². The summed E-state index contributed by atoms with van der Waals surface area (Å²) in [5.74, 6) is -0.0440. The van der Waals surface area contributed by atoms with Crippen LogP contribution in [0.1, 0.15) is 51.4 Å². The van der Waals surface area contributed by atoms with Gasteiger partial charge in [0.2, 0.25) is 0 Å². The Morgan fingerprint density at radius 3 is 2.67 bits per heavy atom. The minimum Gasteiger partial charge on any atom is -0.481 e. The average Bonchev–Trinajstić information content (AvgIpc) is 2.82. The van der Waals surface area contributed by atoms with Crippen molar-refractivity contribution >= 4 is 22.8 Å². The van der Waals surface area contributed by atoms with Crippen LogP contribution in [0.5, 0.6) is 0 Å². The molecule has 100 valence electrons. The van der Waals surface area contributed by atoms with E-state index in [4.69, 9.17) is 10.1 Å². The maximum absolute atomic E-state index is 11.1. The largest absolute Gasteiger partial charge is 0.481 e. The van der Waals surface area contributed by atoms with Gasteiger partial charge in [0.15, 0.2) is 0 Å². The molecule has 4 heteroatoms. The lowest BCUT2D eigenvalue weighted by atomic mass is 9.86. The Labute approximate surface area is 112 Å². The lowest BCUT2D eigenvalue weighted by Gasteiger charge is -2.27. The highest BCUT2D eigenvalue weighted by Crippen LogP contribution is 2.43. The van der Waals surface area contributed by atoms with E-state index in [0.717, 1.165) is 19.3 Å². The van der Waals surface area contributed by atoms with Crippen molar-refractivity contribution in [1.29, 1.82) is 0 Å². The molecule has 1 N–H and O–H groups in total. The second-order valence-electron chi connectivity index (χ2n) is 5.87. The Kier molecular flexibility index (Phi) is 3.64. The van der Waals surface area contributed by atoms with Crippen LogP contribution in [0.4, 0.5) is 0 Å². The van der Waals surface area contributed by atoms with E-state index in [1.54, 1.807) is 0 Å². The summed E-state index contributed by atoms with van der Waals surface area (Å²) in [6.45, 7) is 0. The van der Waals surface area contributed by atoms with Gasteiger partial charge in [0.05, 0.1) is 17.0 Å². The highest BCUT2D eigenvalue weighted by atomic mass is 32.2. The van der Waals surface area contributed by atoms with Crippen LogP contribution < -0.4 is 0 Å². The number of hydrogen-bond donors (Lipinski definition) is 1. The summed E-state index contributed by atoms with van der Waals surface area (Å²) in [5, 5.41) is 10.9. The number of aliphatic imine (C=N–C) groups is 1. The van der Waals surface area contributed by atoms with Crippen LogP contribution in [0.15, 0.2) is 4.99 Å². The highest BCUT2D eigenvalue weighted by molar-refractivity contribution is 8.14. The average molecular weight is 267 g/mol. The topological polar surface area (TPSA) is 49.7 Å². The van der Waals surface area contributed by atoms with Gasteiger partial charge in [0.25, 0.3) is 0 Å². The molecular formula is C14H21NO2S. The first-order valence-corrected chi connectivity index (χ1v) is 8.09. The zero-order valence-electron chi connectivity index (χ0n) is 10.7. The Morgan fingerprint density at radius 1 is 1.17 bits per heavy atom. The van der Waals surface area contributed by atoms with Gasteiger partial charge in [-0.3, -0.25) is 9.79 Å². The van der Waals surface area contributed by atoms with Crippen molar-refractivity contribution in [3.05, 3.63) is 0 Å². The predicted molar refractivity (Wildman–Crippen MR) is 74.2 cm³/mol. The van der Waals surface area contributed by atoms with E-state index in [0.29, 0.717) is 17.2 Å². The minimum atomic E-state index is -0.611. The third kappa shape index (κ3) is 2.44. The van der Waals surface area contributed by atoms with Crippen LogP contribution in [0.3, 0.4) is 0 Å². The number of carboxylic acids is 1. The Bertz CT molecular complexity index is 363. The van der Waals surface area contributed by atoms with Crippen molar-refractivity contribution in [2.45, 2.75) is 62.7 Å². The third-order valence-corrected chi connectivity index (χ3v) is 6.12. The monoisotopic (exact) mass is 267 g/mol. The van der Waals surface area contributed by atoms with Crippen LogP contribution in [0.2, 0.25) is 0 Å². The fourth-order valence-electron chi connectivity index (χ4n) is 3.51. The first kappa shape index (κ1) is 12.5. The second-order valence-corrected chi connectivity index (χ2v) is 7.13. The fourth-order valence-corrected chi connectivity index (χ4v) is 5.13. The van der Waals surface area contributed by atoms with E-state index in [1.807, 2.05) is 11.8 Å². The Balaban J connectivity index is 1.63. The van der Waals surface area contributed by atoms with Gasteiger partial charge in [0, 0.05) is 11.2 Å². The molecule has 0 radical (unpaired) electrons. The number of carboxylic acid groups (broad SMARTS) is 1. The summed E-state index contributed by atoms with van der Waals surface area (Å²) in [6, 6.07) is 0.419. The number of rotatable bonds is 2. The smallest absolute Gasteiger partial charge is 0.306 e. The van der Waals surface area contributed by atoms with Crippen molar-refractivity contribution in [2.75, 3.05) is 0 Å². The molecule has 0 saturated heterocycles. The maximum atomic E-state index is 11.1. The molecule has 0 amide bonds. The predicted octanol–water partition coefficient (Wildman–Crippen LogP) is 3.33. The SMILES string of the molecule is O=C(O)C1CCC2N=C(C3CCCCC3)SC2C1. The molecule has 18 heavy (non-hydrogen) atoms. The van der Waals surface area contributed by atoms with Crippen LogP contribution in [-0.2, 0) is 4.79 Å². The van der Waals surface area contributed by atoms with E-state index >= 15 is 0 Å². The number of fused-ring (bicyclic) bond motifs is 1. The number of aliphatic carboxylic acids is 1. The summed E-state index contributed by atoms with van der Waals surface area (Å²) < 4.78 is 0. The zero-order valence-corrected chi connectivity index (χ0v) is 11.5. The van der Waals surface area contributed by atoms with E-state index in [9.17, 15) is 4.79 Å². The van der Waals surface area contributed by atoms with Gasteiger partial charge in [-0.1, -0.05) is 19.3 Å². The van der Waals surface area contributed by atoms with Crippen LogP contribution in [-0.4, -0.2) is 27.4 Å². The van der Waals surface area contributed by atoms with Gasteiger partial charge in [-0.15, -0.1) is 11.8 Å². The highest BCUT2D eigenvalue weighted by Gasteiger charge is 2.40. The molecule has 0 aromatic rings. The quantitative estimate of drug-likeness (QED) is 0.835. The summed E-state index contributed by atoms with van der Waals surface area (Å²) in [4.78, 5) is 16.0. The number of hydrogen-bond acceptors (Lipinski definition) is 3. The molecule has 3 aliphatic rings. The molecule has 3 unspecified atom stereocenters. The van der Waals surface area contributed by atoms with Crippen LogP contribution in [0, 0.1) is 11.8 Å². The lowest BCUT2D eigenvalue weighted by molar-refractivity contribution is -0.142. The van der Waals surface area contributed by atoms with Gasteiger partial charge in [-0.25, -0.2) is 0 Å². The van der Waals surface area contributed by atoms with Crippen molar-refractivity contribution in [3.8, 4) is 0 Å². The summed E-state index contributed by atoms with van der Waals surface area (Å²) in [7, 11) is 0. The van der Waals surface area contributed by atoms with E-state index < -0.39 is 5.97 Å². The summed E-state index contributed by atoms with van der Waals surface area (Å²) in [5.41, 5.74) is 0. The van der Waals surface area contributed by atoms with Crippen molar-refractivity contribution in [2.24, 2.45) is 16.8 Å². The molecule has 1 heterocycles. The molecule has 0 aromatic heterocycles. The molecule has 3 rings (SSSR count). The molecule has 2 aliphatic carbocycles. The molecule has 2 fully saturated rings. The number of carbonyl (C=O) groups is 1. The first-order chi connectivity index (χ1) is 8.74. The van der Waals surface area contributed by atoms with Crippen LogP contribution in [0.25, 0.3) is 0 Å². The van der Waals surface area contributed by atoms with Crippen LogP contribution >= 0.6 is 11.8 Å². The second kappa shape index (κ2) is 5.24. The summed E-state index contributed by atoms with van der Waals surface area (Å²) >= 11 is 1.91. The molecule has 0 aromatic carbocycles. The number of thioether (sulfide) groups is 1. The van der Waals surface area contributed by atoms with Crippen molar-refractivity contribution < 1.29 is 9.90 Å². The lowest BCUT2D eigenvalue weighted by Crippen LogP contribution is -2.31. The van der Waals surface area contributed by atoms with E-state index in [1.165, 1.54) is 37.1 Å². The Hall–Kier alpha value is -0.510. The number of nitrogens with zero attached hydrogens (tertiary/aromatic N) is 1. The molecule has 0 bridgehead atoms. The zero-order chi connectivity index (χ0) is 12.5. The standard InChI is InChI=1S/C14H21NO2S/c16-14(17)10-6-7-11-12(8-10)18-13(15-11)9-4-2-1-3-5-9/h9-12H,1-8H2,(H,16,17). The van der Waals surface area contributed by atoms with Gasteiger partial charge >= 0.3 is 5.97 Å². The molecule has 3 atom stereocenters. The first-order valence-electron chi connectivity index (χ1n) is 7.21. The Morgan fingerprint density at radius 2 is 1.94 bits per heavy atom. The van der Waals surface area contributed by atoms with Crippen molar-refractivity contribution in [1.82, 2.24) is 0 Å². The van der Waals surface area contributed by atoms with Gasteiger partial charge in [-0.2, -0.15) is 0 Å². The van der Waals surface area contributed by atoms with Gasteiger partial charge in [0.1, 0.15) is 0 Å². The minimum absolute atomic E-state index is 0.125. The molecule has 2 saturated carbocycles. The summed E-state index contributed by atoms with van der Waals surface area (Å²) in [6.07, 6.45) is 9.28. The molecule has 3 nitrogen and oxygen atoms in total. The van der Waals surface area contributed by atoms with E-state index in [2.05, 4.69) is 0 Å². The molecular weight excluding hydrogens is 246 g/mol. The van der Waals surface area contributed by atoms with Gasteiger partial charge < -0.3 is 5.11 Å². The van der Waals surface area contributed by atoms with E-state index in [-0.39, 0.29) is 5.92 Å². The fraction of sp³-hybridized carbons (Fsp3) is 0.857. The maximum Gasteiger partial charge on any atom is 0.306 e. The van der Waals surface area contributed by atoms with Gasteiger partial charge in [-0.05, 0) is 32.1 Å². The molecule has 1 aliphatic heterocycles. The molecule has 0 spiro atoms. The normalized spacial score (nSPS) is 37.1.